The first-order valence-electron chi connectivity index (χ1n) is 13.2. The van der Waals surface area contributed by atoms with Crippen molar-refractivity contribution in [2.45, 2.75) is 31.7 Å². The lowest BCUT2D eigenvalue weighted by Crippen LogP contribution is -2.42. The molecule has 3 aromatic carbocycles. The number of carbonyl (C=O) groups excluding carboxylic acids is 1. The molecule has 1 fully saturated rings. The van der Waals surface area contributed by atoms with Crippen LogP contribution in [0.5, 0.6) is 11.5 Å². The molecule has 3 aromatic rings. The molecular formula is C31H34FN3O3. The van der Waals surface area contributed by atoms with Gasteiger partial charge >= 0.3 is 0 Å². The van der Waals surface area contributed by atoms with Crippen LogP contribution in [0.1, 0.15) is 42.0 Å². The molecule has 1 atom stereocenters. The predicted octanol–water partition coefficient (Wildman–Crippen LogP) is 5.48. The molecule has 0 radical (unpaired) electrons. The molecule has 2 aliphatic rings. The summed E-state index contributed by atoms with van der Waals surface area (Å²) < 4.78 is 25.7. The summed E-state index contributed by atoms with van der Waals surface area (Å²) in [5.74, 6) is 1.45. The Labute approximate surface area is 223 Å². The summed E-state index contributed by atoms with van der Waals surface area (Å²) >= 11 is 0. The summed E-state index contributed by atoms with van der Waals surface area (Å²) in [7, 11) is 3.19. The summed E-state index contributed by atoms with van der Waals surface area (Å²) in [6.45, 7) is 2.02. The first-order valence-corrected chi connectivity index (χ1v) is 13.2. The maximum absolute atomic E-state index is 14.7. The highest BCUT2D eigenvalue weighted by atomic mass is 19.1. The number of nitrogens with zero attached hydrogens (tertiary/aromatic N) is 3. The van der Waals surface area contributed by atoms with Gasteiger partial charge in [0.15, 0.2) is 0 Å². The second-order valence-corrected chi connectivity index (χ2v) is 10.0. The molecule has 1 saturated heterocycles. The van der Waals surface area contributed by atoms with Gasteiger partial charge in [-0.3, -0.25) is 9.69 Å². The van der Waals surface area contributed by atoms with Crippen molar-refractivity contribution in [3.63, 3.8) is 0 Å². The number of carbonyl (C=O) groups is 1. The minimum absolute atomic E-state index is 0.0966. The van der Waals surface area contributed by atoms with E-state index in [4.69, 9.17) is 9.47 Å². The van der Waals surface area contributed by atoms with E-state index in [0.29, 0.717) is 35.1 Å². The van der Waals surface area contributed by atoms with Crippen LogP contribution in [0.2, 0.25) is 0 Å². The van der Waals surface area contributed by atoms with Gasteiger partial charge in [-0.15, -0.1) is 0 Å². The maximum atomic E-state index is 14.7. The molecule has 0 N–H and O–H groups in total. The molecule has 2 aliphatic heterocycles. The summed E-state index contributed by atoms with van der Waals surface area (Å²) in [6.07, 6.45) is 3.59. The van der Waals surface area contributed by atoms with Crippen molar-refractivity contribution >= 4 is 11.6 Å². The molecular weight excluding hydrogens is 481 g/mol. The Morgan fingerprint density at radius 2 is 1.71 bits per heavy atom. The van der Waals surface area contributed by atoms with E-state index in [0.717, 1.165) is 37.9 Å². The number of likely N-dealkylation sites (tertiary alicyclic amines) is 1. The van der Waals surface area contributed by atoms with Gasteiger partial charge in [0.1, 0.15) is 17.3 Å². The fourth-order valence-corrected chi connectivity index (χ4v) is 5.49. The number of benzene rings is 3. The predicted molar refractivity (Wildman–Crippen MR) is 146 cm³/mol. The quantitative estimate of drug-likeness (QED) is 0.399. The van der Waals surface area contributed by atoms with Gasteiger partial charge in [0.2, 0.25) is 0 Å². The van der Waals surface area contributed by atoms with Gasteiger partial charge in [-0.25, -0.2) is 9.40 Å². The number of methoxy groups -OCH3 is 2. The lowest BCUT2D eigenvalue weighted by Gasteiger charge is -2.33. The fraction of sp³-hybridized carbons (Fsp3) is 0.355. The van der Waals surface area contributed by atoms with E-state index in [9.17, 15) is 9.18 Å². The lowest BCUT2D eigenvalue weighted by atomic mass is 9.90. The molecule has 5 rings (SSSR count). The molecule has 6 nitrogen and oxygen atoms in total. The van der Waals surface area contributed by atoms with Crippen molar-refractivity contribution in [3.8, 4) is 11.5 Å². The summed E-state index contributed by atoms with van der Waals surface area (Å²) in [5.41, 5.74) is 3.16. The number of rotatable bonds is 8. The van der Waals surface area contributed by atoms with E-state index < -0.39 is 6.04 Å². The van der Waals surface area contributed by atoms with E-state index in [2.05, 4.69) is 34.3 Å². The second kappa shape index (κ2) is 11.8. The van der Waals surface area contributed by atoms with Crippen LogP contribution in [-0.4, -0.2) is 55.4 Å². The fourth-order valence-electron chi connectivity index (χ4n) is 5.49. The smallest absolute Gasteiger partial charge is 0.257 e. The van der Waals surface area contributed by atoms with Gasteiger partial charge in [-0.05, 0) is 62.0 Å². The number of ether oxygens (including phenoxy) is 2. The number of hydrogen-bond acceptors (Lipinski definition) is 5. The summed E-state index contributed by atoms with van der Waals surface area (Å²) in [6, 6.07) is 22.3. The Morgan fingerprint density at radius 1 is 0.974 bits per heavy atom. The molecule has 38 heavy (non-hydrogen) atoms. The number of hydrazone groups is 1. The van der Waals surface area contributed by atoms with Crippen LogP contribution in [0.4, 0.5) is 4.39 Å². The third-order valence-corrected chi connectivity index (χ3v) is 7.58. The van der Waals surface area contributed by atoms with Crippen molar-refractivity contribution in [1.82, 2.24) is 9.91 Å². The average molecular weight is 516 g/mol. The maximum Gasteiger partial charge on any atom is 0.257 e. The Bertz CT molecular complexity index is 1290. The monoisotopic (exact) mass is 515 g/mol. The number of piperidine rings is 1. The molecule has 0 saturated carbocycles. The van der Waals surface area contributed by atoms with E-state index >= 15 is 0 Å². The lowest BCUT2D eigenvalue weighted by molar-refractivity contribution is -0.134. The van der Waals surface area contributed by atoms with Crippen molar-refractivity contribution in [2.75, 3.05) is 33.9 Å². The van der Waals surface area contributed by atoms with Crippen molar-refractivity contribution in [2.24, 2.45) is 11.0 Å². The van der Waals surface area contributed by atoms with Crippen molar-refractivity contribution in [3.05, 3.63) is 95.3 Å². The number of amides is 1. The van der Waals surface area contributed by atoms with Gasteiger partial charge in [-0.2, -0.15) is 5.10 Å². The van der Waals surface area contributed by atoms with Gasteiger partial charge in [0.25, 0.3) is 5.91 Å². The molecule has 0 aliphatic carbocycles. The van der Waals surface area contributed by atoms with Gasteiger partial charge in [0, 0.05) is 23.6 Å². The van der Waals surface area contributed by atoms with Crippen LogP contribution < -0.4 is 9.47 Å². The zero-order valence-electron chi connectivity index (χ0n) is 22.0. The van der Waals surface area contributed by atoms with Crippen LogP contribution in [0.3, 0.4) is 0 Å². The van der Waals surface area contributed by atoms with Crippen LogP contribution in [-0.2, 0) is 11.2 Å². The zero-order chi connectivity index (χ0) is 26.5. The minimum atomic E-state index is -0.395. The third kappa shape index (κ3) is 5.73. The third-order valence-electron chi connectivity index (χ3n) is 7.58. The highest BCUT2D eigenvalue weighted by molar-refractivity contribution is 6.03. The van der Waals surface area contributed by atoms with Crippen LogP contribution in [0.15, 0.2) is 77.9 Å². The Morgan fingerprint density at radius 3 is 2.42 bits per heavy atom. The molecule has 0 unspecified atom stereocenters. The summed E-state index contributed by atoms with van der Waals surface area (Å²) in [4.78, 5) is 15.9. The van der Waals surface area contributed by atoms with Crippen LogP contribution >= 0.6 is 0 Å². The topological polar surface area (TPSA) is 54.4 Å². The Balaban J connectivity index is 1.33. The SMILES string of the molecule is COc1ccc([C@H]2CC(c3ccccc3F)=NN2C(=O)CN2CCC(Cc3ccccc3)CC2)c(OC)c1. The molecule has 0 bridgehead atoms. The number of halogens is 1. The Hall–Kier alpha value is -3.71. The molecule has 0 aromatic heterocycles. The first-order chi connectivity index (χ1) is 18.6. The van der Waals surface area contributed by atoms with E-state index in [1.54, 1.807) is 38.5 Å². The highest BCUT2D eigenvalue weighted by Crippen LogP contribution is 2.39. The molecule has 198 valence electrons. The second-order valence-electron chi connectivity index (χ2n) is 10.0. The largest absolute Gasteiger partial charge is 0.497 e. The van der Waals surface area contributed by atoms with Gasteiger partial charge < -0.3 is 9.47 Å². The normalized spacial score (nSPS) is 18.3. The summed E-state index contributed by atoms with van der Waals surface area (Å²) in [5, 5.41) is 6.21. The van der Waals surface area contributed by atoms with E-state index in [1.807, 2.05) is 18.2 Å². The van der Waals surface area contributed by atoms with Gasteiger partial charge in [-0.1, -0.05) is 48.5 Å². The highest BCUT2D eigenvalue weighted by Gasteiger charge is 2.36. The standard InChI is InChI=1S/C31H34FN3O3/c1-37-24-12-13-26(30(19-24)38-2)29-20-28(25-10-6-7-11-27(25)32)33-35(29)31(36)21-34-16-14-23(15-17-34)18-22-8-4-3-5-9-22/h3-13,19,23,29H,14-18,20-21H2,1-2H3/t29-/m1/s1. The Kier molecular flexibility index (Phi) is 8.03. The van der Waals surface area contributed by atoms with Crippen LogP contribution in [0.25, 0.3) is 0 Å². The molecule has 0 spiro atoms. The number of hydrogen-bond donors (Lipinski definition) is 0. The molecule has 2 heterocycles. The van der Waals surface area contributed by atoms with E-state index in [-0.39, 0.29) is 18.3 Å². The van der Waals surface area contributed by atoms with Crippen LogP contribution in [0, 0.1) is 11.7 Å². The minimum Gasteiger partial charge on any atom is -0.497 e. The van der Waals surface area contributed by atoms with Crippen molar-refractivity contribution < 1.29 is 18.7 Å². The van der Waals surface area contributed by atoms with E-state index in [1.165, 1.54) is 16.6 Å². The van der Waals surface area contributed by atoms with Gasteiger partial charge in [0.05, 0.1) is 32.5 Å². The zero-order valence-corrected chi connectivity index (χ0v) is 22.0. The average Bonchev–Trinajstić information content (AvgIpc) is 3.40. The van der Waals surface area contributed by atoms with Crippen molar-refractivity contribution in [1.29, 1.82) is 0 Å². The molecule has 7 heteroatoms. The molecule has 1 amide bonds. The first kappa shape index (κ1) is 25.9.